The average molecular weight is 413 g/mol. The van der Waals surface area contributed by atoms with Gasteiger partial charge in [0.2, 0.25) is 11.8 Å². The molecule has 3 rings (SSSR count). The summed E-state index contributed by atoms with van der Waals surface area (Å²) in [5, 5.41) is 3.38. The van der Waals surface area contributed by atoms with Gasteiger partial charge in [0.05, 0.1) is 23.5 Å². The molecule has 0 aromatic heterocycles. The fourth-order valence-corrected chi connectivity index (χ4v) is 5.71. The zero-order chi connectivity index (χ0) is 19.7. The Balaban J connectivity index is 1.68. The van der Waals surface area contributed by atoms with Crippen molar-refractivity contribution in [3.8, 4) is 0 Å². The maximum absolute atomic E-state index is 13.3. The largest absolute Gasteiger partial charge is 0.351 e. The molecule has 1 N–H and O–H groups in total. The van der Waals surface area contributed by atoms with Crippen LogP contribution in [0, 0.1) is 0 Å². The van der Waals surface area contributed by atoms with E-state index in [1.165, 1.54) is 0 Å². The molecular weight excluding hydrogens is 388 g/mol. The number of hydrogen-bond donors (Lipinski definition) is 1. The summed E-state index contributed by atoms with van der Waals surface area (Å²) in [7, 11) is -3.06. The van der Waals surface area contributed by atoms with E-state index in [1.54, 1.807) is 17.0 Å². The number of carbonyl (C=O) groups excluding carboxylic acids is 2. The van der Waals surface area contributed by atoms with Crippen LogP contribution in [0.4, 0.5) is 0 Å². The predicted octanol–water partition coefficient (Wildman–Crippen LogP) is 1.91. The molecule has 2 aliphatic rings. The second-order valence-corrected chi connectivity index (χ2v) is 10.1. The Labute approximate surface area is 165 Å². The normalized spacial score (nSPS) is 22.7. The van der Waals surface area contributed by atoms with E-state index in [1.807, 2.05) is 19.1 Å². The van der Waals surface area contributed by atoms with Crippen LogP contribution < -0.4 is 5.32 Å². The number of nitrogens with one attached hydrogen (secondary N) is 1. The molecule has 1 aliphatic carbocycles. The van der Waals surface area contributed by atoms with Gasteiger partial charge in [0.15, 0.2) is 9.84 Å². The Hall–Kier alpha value is -1.60. The van der Waals surface area contributed by atoms with Crippen molar-refractivity contribution in [3.05, 3.63) is 34.9 Å². The molecule has 27 heavy (non-hydrogen) atoms. The molecule has 1 saturated carbocycles. The van der Waals surface area contributed by atoms with Crippen LogP contribution in [0.2, 0.25) is 5.02 Å². The van der Waals surface area contributed by atoms with Gasteiger partial charge >= 0.3 is 0 Å². The average Bonchev–Trinajstić information content (AvgIpc) is 2.91. The molecule has 1 aromatic rings. The maximum atomic E-state index is 13.3. The molecule has 0 unspecified atom stereocenters. The molecule has 0 radical (unpaired) electrons. The zero-order valence-corrected chi connectivity index (χ0v) is 17.0. The summed E-state index contributed by atoms with van der Waals surface area (Å²) in [6.45, 7) is 2.21. The second kappa shape index (κ2) is 7.80. The van der Waals surface area contributed by atoms with Gasteiger partial charge in [-0.3, -0.25) is 9.59 Å². The fraction of sp³-hybridized carbons (Fsp3) is 0.579. The number of halogens is 1. The second-order valence-electron chi connectivity index (χ2n) is 7.43. The van der Waals surface area contributed by atoms with Crippen LogP contribution in [0.5, 0.6) is 0 Å². The number of hydrogen-bond acceptors (Lipinski definition) is 4. The number of benzene rings is 1. The third kappa shape index (κ3) is 4.29. The lowest BCUT2D eigenvalue weighted by Gasteiger charge is -2.43. The Morgan fingerprint density at radius 3 is 2.41 bits per heavy atom. The molecule has 6 nitrogen and oxygen atoms in total. The van der Waals surface area contributed by atoms with Crippen LogP contribution in [-0.2, 0) is 24.8 Å². The van der Waals surface area contributed by atoms with Gasteiger partial charge in [-0.1, -0.05) is 30.2 Å². The maximum Gasteiger partial charge on any atom is 0.239 e. The van der Waals surface area contributed by atoms with E-state index in [9.17, 15) is 18.0 Å². The van der Waals surface area contributed by atoms with Crippen molar-refractivity contribution >= 4 is 33.3 Å². The molecule has 1 aliphatic heterocycles. The first-order valence-electron chi connectivity index (χ1n) is 9.31. The van der Waals surface area contributed by atoms with Crippen LogP contribution in [0.25, 0.3) is 0 Å². The number of nitrogens with zero attached hydrogens (tertiary/aromatic N) is 1. The third-order valence-electron chi connectivity index (χ3n) is 5.61. The van der Waals surface area contributed by atoms with Gasteiger partial charge in [0, 0.05) is 17.6 Å². The lowest BCUT2D eigenvalue weighted by molar-refractivity contribution is -0.143. The van der Waals surface area contributed by atoms with E-state index in [0.717, 1.165) is 24.8 Å². The predicted molar refractivity (Wildman–Crippen MR) is 104 cm³/mol. The molecule has 0 spiro atoms. The molecule has 2 fully saturated rings. The first-order valence-corrected chi connectivity index (χ1v) is 11.5. The lowest BCUT2D eigenvalue weighted by Crippen LogP contribution is -2.53. The first kappa shape index (κ1) is 20.1. The zero-order valence-electron chi connectivity index (χ0n) is 15.4. The minimum atomic E-state index is -3.06. The summed E-state index contributed by atoms with van der Waals surface area (Å²) in [5.74, 6) is -0.271. The highest BCUT2D eigenvalue weighted by atomic mass is 35.5. The molecule has 8 heteroatoms. The van der Waals surface area contributed by atoms with Gasteiger partial charge in [-0.2, -0.15) is 0 Å². The minimum absolute atomic E-state index is 0.0203. The van der Waals surface area contributed by atoms with Gasteiger partial charge in [-0.15, -0.1) is 0 Å². The molecule has 2 amide bonds. The Kier molecular flexibility index (Phi) is 5.82. The standard InChI is InChI=1S/C19H25ClN2O4S/c1-2-22(12-17(23)21-16-8-11-27(25,26)13-16)18(24)19(9-3-10-19)14-4-6-15(20)7-5-14/h4-7,16H,2-3,8-13H2,1H3,(H,21,23)/t16-/m1/s1. The smallest absolute Gasteiger partial charge is 0.239 e. The summed E-state index contributed by atoms with van der Waals surface area (Å²) >= 11 is 5.97. The Morgan fingerprint density at radius 2 is 1.93 bits per heavy atom. The summed E-state index contributed by atoms with van der Waals surface area (Å²) in [4.78, 5) is 27.2. The summed E-state index contributed by atoms with van der Waals surface area (Å²) in [6.07, 6.45) is 2.92. The van der Waals surface area contributed by atoms with Gasteiger partial charge in [0.25, 0.3) is 0 Å². The highest BCUT2D eigenvalue weighted by molar-refractivity contribution is 7.91. The lowest BCUT2D eigenvalue weighted by atomic mass is 9.63. The molecular formula is C19H25ClN2O4S. The van der Waals surface area contributed by atoms with Crippen molar-refractivity contribution in [2.75, 3.05) is 24.6 Å². The van der Waals surface area contributed by atoms with Gasteiger partial charge in [-0.05, 0) is 43.9 Å². The van der Waals surface area contributed by atoms with Crippen molar-refractivity contribution in [1.82, 2.24) is 10.2 Å². The van der Waals surface area contributed by atoms with Crippen molar-refractivity contribution in [2.45, 2.75) is 44.1 Å². The van der Waals surface area contributed by atoms with Crippen molar-refractivity contribution in [1.29, 1.82) is 0 Å². The van der Waals surface area contributed by atoms with Crippen LogP contribution in [0.15, 0.2) is 24.3 Å². The van der Waals surface area contributed by atoms with E-state index in [2.05, 4.69) is 5.32 Å². The summed E-state index contributed by atoms with van der Waals surface area (Å²) < 4.78 is 23.1. The quantitative estimate of drug-likeness (QED) is 0.773. The van der Waals surface area contributed by atoms with Gasteiger partial charge in [0.1, 0.15) is 0 Å². The number of carbonyl (C=O) groups is 2. The van der Waals surface area contributed by atoms with Crippen molar-refractivity contribution < 1.29 is 18.0 Å². The van der Waals surface area contributed by atoms with Crippen molar-refractivity contribution in [2.24, 2.45) is 0 Å². The number of sulfone groups is 1. The van der Waals surface area contributed by atoms with Crippen LogP contribution in [0.1, 0.15) is 38.2 Å². The SMILES string of the molecule is CCN(CC(=O)N[C@@H]1CCS(=O)(=O)C1)C(=O)C1(c2ccc(Cl)cc2)CCC1. The van der Waals surface area contributed by atoms with E-state index in [0.29, 0.717) is 18.0 Å². The number of likely N-dealkylation sites (N-methyl/N-ethyl adjacent to an activating group) is 1. The molecule has 148 valence electrons. The van der Waals surface area contributed by atoms with Gasteiger partial charge < -0.3 is 10.2 Å². The third-order valence-corrected chi connectivity index (χ3v) is 7.63. The van der Waals surface area contributed by atoms with Gasteiger partial charge in [-0.25, -0.2) is 8.42 Å². The number of rotatable bonds is 6. The highest BCUT2D eigenvalue weighted by Gasteiger charge is 2.47. The summed E-state index contributed by atoms with van der Waals surface area (Å²) in [5.41, 5.74) is 0.348. The van der Waals surface area contributed by atoms with E-state index in [-0.39, 0.29) is 35.9 Å². The number of amides is 2. The van der Waals surface area contributed by atoms with E-state index >= 15 is 0 Å². The monoisotopic (exact) mass is 412 g/mol. The van der Waals surface area contributed by atoms with Crippen LogP contribution in [0.3, 0.4) is 0 Å². The van der Waals surface area contributed by atoms with Crippen molar-refractivity contribution in [3.63, 3.8) is 0 Å². The fourth-order valence-electron chi connectivity index (χ4n) is 3.91. The molecule has 1 atom stereocenters. The minimum Gasteiger partial charge on any atom is -0.351 e. The molecule has 1 saturated heterocycles. The highest BCUT2D eigenvalue weighted by Crippen LogP contribution is 2.45. The van der Waals surface area contributed by atoms with E-state index in [4.69, 9.17) is 11.6 Å². The topological polar surface area (TPSA) is 83.6 Å². The Bertz CT molecular complexity index is 819. The van der Waals surface area contributed by atoms with Crippen LogP contribution >= 0.6 is 11.6 Å². The molecule has 1 heterocycles. The Morgan fingerprint density at radius 1 is 1.26 bits per heavy atom. The van der Waals surface area contributed by atoms with Crippen LogP contribution in [-0.4, -0.2) is 55.8 Å². The first-order chi connectivity index (χ1) is 12.8. The van der Waals surface area contributed by atoms with E-state index < -0.39 is 15.3 Å². The molecule has 1 aromatic carbocycles. The molecule has 0 bridgehead atoms. The summed E-state index contributed by atoms with van der Waals surface area (Å²) in [6, 6.07) is 6.99.